The van der Waals surface area contributed by atoms with Crippen LogP contribution in [0.2, 0.25) is 0 Å². The number of urea groups is 1. The van der Waals surface area contributed by atoms with Crippen LogP contribution in [0.25, 0.3) is 0 Å². The second-order valence-electron chi connectivity index (χ2n) is 4.58. The lowest BCUT2D eigenvalue weighted by Crippen LogP contribution is -2.39. The van der Waals surface area contributed by atoms with Crippen molar-refractivity contribution < 1.29 is 9.59 Å². The molecule has 0 saturated carbocycles. The first-order valence-corrected chi connectivity index (χ1v) is 5.87. The molecule has 1 aromatic rings. The van der Waals surface area contributed by atoms with E-state index in [0.717, 1.165) is 0 Å². The average Bonchev–Trinajstić information content (AvgIpc) is 2.28. The quantitative estimate of drug-likeness (QED) is 0.762. The fourth-order valence-corrected chi connectivity index (χ4v) is 1.29. The fourth-order valence-electron chi connectivity index (χ4n) is 1.29. The lowest BCUT2D eigenvalue weighted by molar-refractivity contribution is 0.100. The first-order chi connectivity index (χ1) is 8.40. The molecule has 0 bridgehead atoms. The molecule has 0 saturated heterocycles. The number of primary amides is 1. The lowest BCUT2D eigenvalue weighted by Gasteiger charge is -2.17. The number of hydrogen-bond acceptors (Lipinski definition) is 2. The van der Waals surface area contributed by atoms with E-state index in [1.54, 1.807) is 24.3 Å². The molecule has 98 valence electrons. The SMILES string of the molecule is CC(C)[C@H](C)NC(=O)Nc1cccc(C(N)=O)c1. The number of benzene rings is 1. The molecule has 0 aliphatic carbocycles. The first kappa shape index (κ1) is 14.0. The molecule has 0 spiro atoms. The summed E-state index contributed by atoms with van der Waals surface area (Å²) < 4.78 is 0. The van der Waals surface area contributed by atoms with Gasteiger partial charge in [0.15, 0.2) is 0 Å². The molecule has 0 fully saturated rings. The van der Waals surface area contributed by atoms with Crippen molar-refractivity contribution in [3.8, 4) is 0 Å². The van der Waals surface area contributed by atoms with E-state index in [0.29, 0.717) is 17.2 Å². The first-order valence-electron chi connectivity index (χ1n) is 5.87. The second kappa shape index (κ2) is 6.05. The Morgan fingerprint density at radius 3 is 2.44 bits per heavy atom. The summed E-state index contributed by atoms with van der Waals surface area (Å²) in [6.07, 6.45) is 0. The summed E-state index contributed by atoms with van der Waals surface area (Å²) in [7, 11) is 0. The van der Waals surface area contributed by atoms with Crippen molar-refractivity contribution in [1.29, 1.82) is 0 Å². The van der Waals surface area contributed by atoms with Gasteiger partial charge >= 0.3 is 6.03 Å². The Kier molecular flexibility index (Phi) is 4.71. The van der Waals surface area contributed by atoms with Gasteiger partial charge in [-0.1, -0.05) is 19.9 Å². The maximum atomic E-state index is 11.7. The van der Waals surface area contributed by atoms with Crippen LogP contribution in [0, 0.1) is 5.92 Å². The van der Waals surface area contributed by atoms with E-state index in [1.165, 1.54) is 0 Å². The van der Waals surface area contributed by atoms with Gasteiger partial charge in [-0.3, -0.25) is 4.79 Å². The third-order valence-corrected chi connectivity index (χ3v) is 2.76. The molecule has 5 heteroatoms. The third kappa shape index (κ3) is 4.08. The average molecular weight is 249 g/mol. The summed E-state index contributed by atoms with van der Waals surface area (Å²) in [5.74, 6) is -0.165. The van der Waals surface area contributed by atoms with Gasteiger partial charge in [0.1, 0.15) is 0 Å². The molecular weight excluding hydrogens is 230 g/mol. The molecule has 0 heterocycles. The largest absolute Gasteiger partial charge is 0.366 e. The zero-order valence-electron chi connectivity index (χ0n) is 10.9. The lowest BCUT2D eigenvalue weighted by atomic mass is 10.1. The zero-order chi connectivity index (χ0) is 13.7. The summed E-state index contributed by atoms with van der Waals surface area (Å²) in [6.45, 7) is 5.99. The highest BCUT2D eigenvalue weighted by atomic mass is 16.2. The van der Waals surface area contributed by atoms with E-state index in [1.807, 2.05) is 20.8 Å². The van der Waals surface area contributed by atoms with E-state index < -0.39 is 5.91 Å². The topological polar surface area (TPSA) is 84.2 Å². The smallest absolute Gasteiger partial charge is 0.319 e. The minimum Gasteiger partial charge on any atom is -0.366 e. The minimum absolute atomic E-state index is 0.0734. The van der Waals surface area contributed by atoms with E-state index in [-0.39, 0.29) is 12.1 Å². The predicted molar refractivity (Wildman–Crippen MR) is 71.4 cm³/mol. The van der Waals surface area contributed by atoms with E-state index in [2.05, 4.69) is 10.6 Å². The fraction of sp³-hybridized carbons (Fsp3) is 0.385. The number of hydrogen-bond donors (Lipinski definition) is 3. The molecule has 0 unspecified atom stereocenters. The van der Waals surface area contributed by atoms with Crippen LogP contribution in [0.5, 0.6) is 0 Å². The van der Waals surface area contributed by atoms with E-state index in [4.69, 9.17) is 5.73 Å². The number of carbonyl (C=O) groups excluding carboxylic acids is 2. The van der Waals surface area contributed by atoms with Crippen LogP contribution in [-0.2, 0) is 0 Å². The number of nitrogens with two attached hydrogens (primary N) is 1. The van der Waals surface area contributed by atoms with Crippen molar-refractivity contribution in [1.82, 2.24) is 5.32 Å². The summed E-state index contributed by atoms with van der Waals surface area (Å²) in [4.78, 5) is 22.7. The van der Waals surface area contributed by atoms with Crippen molar-refractivity contribution in [2.45, 2.75) is 26.8 Å². The standard InChI is InChI=1S/C13H19N3O2/c1-8(2)9(3)15-13(18)16-11-6-4-5-10(7-11)12(14)17/h4-9H,1-3H3,(H2,14,17)(H2,15,16,18)/t9-/m0/s1. The summed E-state index contributed by atoms with van der Waals surface area (Å²) in [5, 5.41) is 5.48. The molecule has 0 aliphatic rings. The van der Waals surface area contributed by atoms with Gasteiger partial charge in [0, 0.05) is 17.3 Å². The van der Waals surface area contributed by atoms with Crippen LogP contribution >= 0.6 is 0 Å². The third-order valence-electron chi connectivity index (χ3n) is 2.76. The monoisotopic (exact) mass is 249 g/mol. The van der Waals surface area contributed by atoms with Crippen molar-refractivity contribution in [2.75, 3.05) is 5.32 Å². The maximum Gasteiger partial charge on any atom is 0.319 e. The zero-order valence-corrected chi connectivity index (χ0v) is 10.9. The predicted octanol–water partition coefficient (Wildman–Crippen LogP) is 1.95. The molecular formula is C13H19N3O2. The Hall–Kier alpha value is -2.04. The minimum atomic E-state index is -0.519. The van der Waals surface area contributed by atoms with Crippen LogP contribution in [-0.4, -0.2) is 18.0 Å². The molecule has 3 amide bonds. The maximum absolute atomic E-state index is 11.7. The number of amides is 3. The van der Waals surface area contributed by atoms with Crippen molar-refractivity contribution in [3.05, 3.63) is 29.8 Å². The molecule has 0 aliphatic heterocycles. The van der Waals surface area contributed by atoms with Crippen LogP contribution in [0.3, 0.4) is 0 Å². The summed E-state index contributed by atoms with van der Waals surface area (Å²) in [5.41, 5.74) is 6.07. The van der Waals surface area contributed by atoms with Crippen LogP contribution in [0.15, 0.2) is 24.3 Å². The van der Waals surface area contributed by atoms with Gasteiger partial charge in [-0.25, -0.2) is 4.79 Å². The van der Waals surface area contributed by atoms with Crippen molar-refractivity contribution in [3.63, 3.8) is 0 Å². The Morgan fingerprint density at radius 2 is 1.89 bits per heavy atom. The van der Waals surface area contributed by atoms with Crippen molar-refractivity contribution in [2.24, 2.45) is 11.7 Å². The summed E-state index contributed by atoms with van der Waals surface area (Å²) >= 11 is 0. The second-order valence-corrected chi connectivity index (χ2v) is 4.58. The highest BCUT2D eigenvalue weighted by Crippen LogP contribution is 2.10. The number of carbonyl (C=O) groups is 2. The van der Waals surface area contributed by atoms with Crippen LogP contribution in [0.4, 0.5) is 10.5 Å². The Labute approximate surface area is 107 Å². The Morgan fingerprint density at radius 1 is 1.22 bits per heavy atom. The van der Waals surface area contributed by atoms with E-state index >= 15 is 0 Å². The van der Waals surface area contributed by atoms with Gasteiger partial charge in [-0.15, -0.1) is 0 Å². The highest BCUT2D eigenvalue weighted by Gasteiger charge is 2.11. The molecule has 18 heavy (non-hydrogen) atoms. The summed E-state index contributed by atoms with van der Waals surface area (Å²) in [6, 6.07) is 6.29. The molecule has 1 aromatic carbocycles. The van der Waals surface area contributed by atoms with Gasteiger partial charge in [0.05, 0.1) is 0 Å². The van der Waals surface area contributed by atoms with Gasteiger partial charge in [0.2, 0.25) is 5.91 Å². The molecule has 1 rings (SSSR count). The molecule has 1 atom stereocenters. The Bertz CT molecular complexity index is 444. The van der Waals surface area contributed by atoms with Gasteiger partial charge in [0.25, 0.3) is 0 Å². The van der Waals surface area contributed by atoms with Crippen molar-refractivity contribution >= 4 is 17.6 Å². The Balaban J connectivity index is 2.65. The molecule has 0 radical (unpaired) electrons. The van der Waals surface area contributed by atoms with Crippen LogP contribution < -0.4 is 16.4 Å². The molecule has 4 N–H and O–H groups in total. The molecule has 0 aromatic heterocycles. The number of rotatable bonds is 4. The molecule has 5 nitrogen and oxygen atoms in total. The van der Waals surface area contributed by atoms with Crippen LogP contribution in [0.1, 0.15) is 31.1 Å². The van der Waals surface area contributed by atoms with Gasteiger partial charge < -0.3 is 16.4 Å². The van der Waals surface area contributed by atoms with Gasteiger partial charge in [-0.05, 0) is 31.0 Å². The normalized spacial score (nSPS) is 12.0. The number of anilines is 1. The van der Waals surface area contributed by atoms with E-state index in [9.17, 15) is 9.59 Å². The van der Waals surface area contributed by atoms with Gasteiger partial charge in [-0.2, -0.15) is 0 Å². The highest BCUT2D eigenvalue weighted by molar-refractivity contribution is 5.95. The number of nitrogens with one attached hydrogen (secondary N) is 2.